The third-order valence-electron chi connectivity index (χ3n) is 6.13. The van der Waals surface area contributed by atoms with Gasteiger partial charge in [0.25, 0.3) is 0 Å². The van der Waals surface area contributed by atoms with Crippen molar-refractivity contribution in [3.05, 3.63) is 18.2 Å². The van der Waals surface area contributed by atoms with Crippen LogP contribution in [-0.4, -0.2) is 63.4 Å². The van der Waals surface area contributed by atoms with Crippen molar-refractivity contribution in [2.24, 2.45) is 13.0 Å². The zero-order valence-electron chi connectivity index (χ0n) is 17.4. The highest BCUT2D eigenvalue weighted by Gasteiger charge is 2.34. The first-order valence-corrected chi connectivity index (χ1v) is 10.8. The molecule has 1 unspecified atom stereocenters. The van der Waals surface area contributed by atoms with Crippen LogP contribution in [0.4, 0.5) is 0 Å². The van der Waals surface area contributed by atoms with Gasteiger partial charge in [-0.15, -0.1) is 0 Å². The Hall–Kier alpha value is -1.89. The van der Waals surface area contributed by atoms with E-state index in [0.717, 1.165) is 25.3 Å². The van der Waals surface area contributed by atoms with Crippen LogP contribution in [0.1, 0.15) is 57.7 Å². The van der Waals surface area contributed by atoms with Crippen LogP contribution in [0.3, 0.4) is 0 Å². The van der Waals surface area contributed by atoms with Gasteiger partial charge in [-0.1, -0.05) is 26.2 Å². The maximum absolute atomic E-state index is 13.1. The number of nitrogens with one attached hydrogen (secondary N) is 1. The predicted octanol–water partition coefficient (Wildman–Crippen LogP) is 1.93. The zero-order valence-corrected chi connectivity index (χ0v) is 17.4. The van der Waals surface area contributed by atoms with Gasteiger partial charge in [-0.05, 0) is 25.2 Å². The highest BCUT2D eigenvalue weighted by atomic mass is 16.2. The van der Waals surface area contributed by atoms with Gasteiger partial charge in [0.15, 0.2) is 0 Å². The molecule has 0 radical (unpaired) electrons. The SMILES string of the molecule is CCCN(Cc1nccn1C)C(=O)CC1C(=O)NCCN1CC1CCCCC1. The molecular weight excluding hydrogens is 354 g/mol. The summed E-state index contributed by atoms with van der Waals surface area (Å²) in [7, 11) is 1.94. The molecule has 2 amide bonds. The van der Waals surface area contributed by atoms with Gasteiger partial charge in [0.2, 0.25) is 11.8 Å². The number of imidazole rings is 1. The van der Waals surface area contributed by atoms with Crippen LogP contribution < -0.4 is 5.32 Å². The number of piperazine rings is 1. The lowest BCUT2D eigenvalue weighted by Gasteiger charge is -2.38. The van der Waals surface area contributed by atoms with E-state index in [9.17, 15) is 9.59 Å². The lowest BCUT2D eigenvalue weighted by Crippen LogP contribution is -2.57. The fraction of sp³-hybridized carbons (Fsp3) is 0.762. The second-order valence-corrected chi connectivity index (χ2v) is 8.28. The summed E-state index contributed by atoms with van der Waals surface area (Å²) in [5.74, 6) is 1.58. The Labute approximate surface area is 168 Å². The second-order valence-electron chi connectivity index (χ2n) is 8.28. The molecule has 1 aromatic heterocycles. The van der Waals surface area contributed by atoms with Crippen molar-refractivity contribution in [3.63, 3.8) is 0 Å². The van der Waals surface area contributed by atoms with Crippen LogP contribution in [-0.2, 0) is 23.2 Å². The molecule has 1 aliphatic carbocycles. The van der Waals surface area contributed by atoms with Gasteiger partial charge in [-0.3, -0.25) is 14.5 Å². The quantitative estimate of drug-likeness (QED) is 0.738. The van der Waals surface area contributed by atoms with E-state index in [1.54, 1.807) is 6.20 Å². The van der Waals surface area contributed by atoms with E-state index in [0.29, 0.717) is 25.6 Å². The highest BCUT2D eigenvalue weighted by molar-refractivity contribution is 5.88. The highest BCUT2D eigenvalue weighted by Crippen LogP contribution is 2.26. The maximum atomic E-state index is 13.1. The van der Waals surface area contributed by atoms with Crippen molar-refractivity contribution in [3.8, 4) is 0 Å². The Morgan fingerprint density at radius 1 is 1.32 bits per heavy atom. The molecule has 1 saturated carbocycles. The van der Waals surface area contributed by atoms with Gasteiger partial charge in [0.1, 0.15) is 5.82 Å². The van der Waals surface area contributed by atoms with Crippen molar-refractivity contribution in [1.82, 2.24) is 24.7 Å². The average Bonchev–Trinajstić information content (AvgIpc) is 3.09. The Bertz CT molecular complexity index is 653. The fourth-order valence-electron chi connectivity index (χ4n) is 4.48. The van der Waals surface area contributed by atoms with Crippen molar-refractivity contribution < 1.29 is 9.59 Å². The van der Waals surface area contributed by atoms with Crippen LogP contribution in [0, 0.1) is 5.92 Å². The molecular formula is C21H35N5O2. The van der Waals surface area contributed by atoms with E-state index < -0.39 is 0 Å². The van der Waals surface area contributed by atoms with Crippen LogP contribution in [0.5, 0.6) is 0 Å². The second kappa shape index (κ2) is 10.0. The van der Waals surface area contributed by atoms with Crippen LogP contribution in [0.15, 0.2) is 12.4 Å². The third-order valence-corrected chi connectivity index (χ3v) is 6.13. The number of nitrogens with zero attached hydrogens (tertiary/aromatic N) is 4. The van der Waals surface area contributed by atoms with Crippen molar-refractivity contribution in [1.29, 1.82) is 0 Å². The minimum atomic E-state index is -0.344. The maximum Gasteiger partial charge on any atom is 0.237 e. The number of aryl methyl sites for hydroxylation is 1. The van der Waals surface area contributed by atoms with Gasteiger partial charge in [-0.2, -0.15) is 0 Å². The predicted molar refractivity (Wildman–Crippen MR) is 108 cm³/mol. The first-order valence-electron chi connectivity index (χ1n) is 10.8. The molecule has 3 rings (SSSR count). The molecule has 0 aromatic carbocycles. The summed E-state index contributed by atoms with van der Waals surface area (Å²) in [6.45, 7) is 5.71. The number of hydrogen-bond donors (Lipinski definition) is 1. The summed E-state index contributed by atoms with van der Waals surface area (Å²) in [5.41, 5.74) is 0. The molecule has 1 aromatic rings. The average molecular weight is 390 g/mol. The summed E-state index contributed by atoms with van der Waals surface area (Å²) < 4.78 is 1.94. The first kappa shape index (κ1) is 20.8. The topological polar surface area (TPSA) is 70.5 Å². The van der Waals surface area contributed by atoms with Crippen molar-refractivity contribution >= 4 is 11.8 Å². The van der Waals surface area contributed by atoms with Crippen LogP contribution in [0.25, 0.3) is 0 Å². The first-order chi connectivity index (χ1) is 13.6. The molecule has 156 valence electrons. The van der Waals surface area contributed by atoms with E-state index in [-0.39, 0.29) is 24.3 Å². The van der Waals surface area contributed by atoms with Crippen LogP contribution in [0.2, 0.25) is 0 Å². The van der Waals surface area contributed by atoms with E-state index in [1.165, 1.54) is 32.1 Å². The monoisotopic (exact) mass is 389 g/mol. The largest absolute Gasteiger partial charge is 0.353 e. The molecule has 7 heteroatoms. The van der Waals surface area contributed by atoms with Gasteiger partial charge in [0, 0.05) is 45.6 Å². The third kappa shape index (κ3) is 5.34. The fourth-order valence-corrected chi connectivity index (χ4v) is 4.48. The molecule has 2 heterocycles. The minimum Gasteiger partial charge on any atom is -0.353 e. The number of aromatic nitrogens is 2. The number of hydrogen-bond acceptors (Lipinski definition) is 4. The molecule has 0 spiro atoms. The molecule has 2 aliphatic rings. The van der Waals surface area contributed by atoms with E-state index >= 15 is 0 Å². The van der Waals surface area contributed by atoms with E-state index in [1.807, 2.05) is 22.7 Å². The van der Waals surface area contributed by atoms with Gasteiger partial charge < -0.3 is 14.8 Å². The number of rotatable bonds is 8. The molecule has 1 saturated heterocycles. The van der Waals surface area contributed by atoms with Gasteiger partial charge in [0.05, 0.1) is 19.0 Å². The zero-order chi connectivity index (χ0) is 19.9. The van der Waals surface area contributed by atoms with Gasteiger partial charge >= 0.3 is 0 Å². The molecule has 2 fully saturated rings. The lowest BCUT2D eigenvalue weighted by molar-refractivity contribution is -0.139. The molecule has 0 bridgehead atoms. The van der Waals surface area contributed by atoms with E-state index in [2.05, 4.69) is 22.1 Å². The molecule has 1 N–H and O–H groups in total. The molecule has 1 aliphatic heterocycles. The van der Waals surface area contributed by atoms with Crippen molar-refractivity contribution in [2.75, 3.05) is 26.2 Å². The number of carbonyl (C=O) groups is 2. The molecule has 1 atom stereocenters. The summed E-state index contributed by atoms with van der Waals surface area (Å²) in [6, 6.07) is -0.344. The Morgan fingerprint density at radius 3 is 2.79 bits per heavy atom. The number of amides is 2. The normalized spacial score (nSPS) is 21.5. The molecule has 28 heavy (non-hydrogen) atoms. The standard InChI is InChI=1S/C21H35N5O2/c1-3-11-26(16-19-22-9-12-24(19)2)20(27)14-18-21(28)23-10-13-25(18)15-17-7-5-4-6-8-17/h9,12,17-18H,3-8,10-11,13-16H2,1-2H3,(H,23,28). The van der Waals surface area contributed by atoms with Gasteiger partial charge in [-0.25, -0.2) is 4.98 Å². The van der Waals surface area contributed by atoms with Crippen LogP contribution >= 0.6 is 0 Å². The van der Waals surface area contributed by atoms with Crippen molar-refractivity contribution in [2.45, 2.75) is 64.5 Å². The summed E-state index contributed by atoms with van der Waals surface area (Å²) in [4.78, 5) is 34.2. The summed E-state index contributed by atoms with van der Waals surface area (Å²) >= 11 is 0. The smallest absolute Gasteiger partial charge is 0.237 e. The Kier molecular flexibility index (Phi) is 7.48. The summed E-state index contributed by atoms with van der Waals surface area (Å²) in [6.07, 6.45) is 11.2. The Morgan fingerprint density at radius 2 is 2.11 bits per heavy atom. The lowest BCUT2D eigenvalue weighted by atomic mass is 9.88. The summed E-state index contributed by atoms with van der Waals surface area (Å²) in [5, 5.41) is 2.96. The molecule has 7 nitrogen and oxygen atoms in total. The van der Waals surface area contributed by atoms with E-state index in [4.69, 9.17) is 0 Å². The number of carbonyl (C=O) groups excluding carboxylic acids is 2. The minimum absolute atomic E-state index is 0.00356. The Balaban J connectivity index is 1.64.